The number of amides is 2. The van der Waals surface area contributed by atoms with Gasteiger partial charge in [0.1, 0.15) is 0 Å². The van der Waals surface area contributed by atoms with Crippen LogP contribution < -0.4 is 10.2 Å². The fraction of sp³-hybridized carbons (Fsp3) is 0.167. The molecule has 0 aliphatic heterocycles. The largest absolute Gasteiger partial charge is 0.466 e. The highest BCUT2D eigenvalue weighted by atomic mass is 32.2. The molecule has 0 fully saturated rings. The third kappa shape index (κ3) is 8.02. The van der Waals surface area contributed by atoms with Crippen molar-refractivity contribution in [3.05, 3.63) is 132 Å². The molecule has 212 valence electrons. The van der Waals surface area contributed by atoms with Crippen LogP contribution in [0.2, 0.25) is 0 Å². The lowest BCUT2D eigenvalue weighted by atomic mass is 10.1. The highest BCUT2D eigenvalue weighted by Gasteiger charge is 2.16. The van der Waals surface area contributed by atoms with Crippen LogP contribution in [0.15, 0.2) is 131 Å². The Labute approximate surface area is 251 Å². The molecule has 0 radical (unpaired) electrons. The Hall–Kier alpha value is -4.55. The van der Waals surface area contributed by atoms with Gasteiger partial charge in [0, 0.05) is 27.7 Å². The Morgan fingerprint density at radius 2 is 1.40 bits per heavy atom. The van der Waals surface area contributed by atoms with E-state index in [4.69, 9.17) is 4.74 Å². The van der Waals surface area contributed by atoms with Crippen LogP contribution in [0.1, 0.15) is 24.5 Å². The van der Waals surface area contributed by atoms with Crippen LogP contribution in [0.4, 0.5) is 16.2 Å². The van der Waals surface area contributed by atoms with E-state index in [0.29, 0.717) is 13.2 Å². The van der Waals surface area contributed by atoms with Crippen molar-refractivity contribution in [3.8, 4) is 0 Å². The van der Waals surface area contributed by atoms with Gasteiger partial charge >= 0.3 is 12.0 Å². The maximum atomic E-state index is 13.6. The van der Waals surface area contributed by atoms with Crippen molar-refractivity contribution in [2.24, 2.45) is 0 Å². The van der Waals surface area contributed by atoms with Gasteiger partial charge in [-0.1, -0.05) is 84.6 Å². The summed E-state index contributed by atoms with van der Waals surface area (Å²) in [6.07, 6.45) is 2.00. The fourth-order valence-electron chi connectivity index (χ4n) is 4.78. The summed E-state index contributed by atoms with van der Waals surface area (Å²) in [7, 11) is 0. The second kappa shape index (κ2) is 14.4. The van der Waals surface area contributed by atoms with Crippen molar-refractivity contribution >= 4 is 45.9 Å². The number of esters is 1. The van der Waals surface area contributed by atoms with Gasteiger partial charge in [0.05, 0.1) is 13.0 Å². The second-order valence-corrected chi connectivity index (χ2v) is 11.1. The number of anilines is 2. The van der Waals surface area contributed by atoms with Gasteiger partial charge in [0.2, 0.25) is 0 Å². The van der Waals surface area contributed by atoms with Gasteiger partial charge in [-0.2, -0.15) is 0 Å². The van der Waals surface area contributed by atoms with E-state index >= 15 is 0 Å². The SMILES string of the molecule is CCOC(=O)Cc1ccc(Sc2ccc(N(CCCc3ccccc3)C(=O)Nc3ccc4ccccc4c3)cc2)cc1. The van der Waals surface area contributed by atoms with Crippen LogP contribution >= 0.6 is 11.8 Å². The highest BCUT2D eigenvalue weighted by molar-refractivity contribution is 7.99. The minimum Gasteiger partial charge on any atom is -0.466 e. The molecular formula is C36H34N2O3S. The molecule has 0 unspecified atom stereocenters. The third-order valence-electron chi connectivity index (χ3n) is 6.90. The van der Waals surface area contributed by atoms with Crippen molar-refractivity contribution < 1.29 is 14.3 Å². The molecule has 0 aliphatic carbocycles. The van der Waals surface area contributed by atoms with E-state index in [-0.39, 0.29) is 18.4 Å². The Morgan fingerprint density at radius 3 is 2.12 bits per heavy atom. The lowest BCUT2D eigenvalue weighted by molar-refractivity contribution is -0.142. The number of fused-ring (bicyclic) bond motifs is 1. The van der Waals surface area contributed by atoms with Crippen molar-refractivity contribution in [2.45, 2.75) is 36.0 Å². The first-order valence-electron chi connectivity index (χ1n) is 14.2. The second-order valence-electron chi connectivity index (χ2n) is 9.95. The number of hydrogen-bond donors (Lipinski definition) is 1. The molecule has 0 saturated carbocycles. The van der Waals surface area contributed by atoms with E-state index in [1.165, 1.54) is 5.56 Å². The zero-order chi connectivity index (χ0) is 29.1. The molecule has 0 heterocycles. The van der Waals surface area contributed by atoms with Gasteiger partial charge in [-0.05, 0) is 90.2 Å². The lowest BCUT2D eigenvalue weighted by Gasteiger charge is -2.24. The van der Waals surface area contributed by atoms with E-state index in [1.54, 1.807) is 11.8 Å². The molecule has 2 amide bonds. The monoisotopic (exact) mass is 574 g/mol. The summed E-state index contributed by atoms with van der Waals surface area (Å²) in [6, 6.07) is 40.3. The summed E-state index contributed by atoms with van der Waals surface area (Å²) in [5.41, 5.74) is 3.80. The minimum absolute atomic E-state index is 0.157. The Morgan fingerprint density at radius 1 is 0.738 bits per heavy atom. The summed E-state index contributed by atoms with van der Waals surface area (Å²) in [6.45, 7) is 2.78. The predicted octanol–water partition coefficient (Wildman–Crippen LogP) is 8.77. The third-order valence-corrected chi connectivity index (χ3v) is 7.91. The number of ether oxygens (including phenoxy) is 1. The van der Waals surface area contributed by atoms with E-state index in [2.05, 4.69) is 23.5 Å². The number of aryl methyl sites for hydroxylation is 1. The molecule has 5 nitrogen and oxygen atoms in total. The van der Waals surface area contributed by atoms with E-state index in [1.807, 2.05) is 115 Å². The zero-order valence-corrected chi connectivity index (χ0v) is 24.5. The van der Waals surface area contributed by atoms with Crippen molar-refractivity contribution in [1.82, 2.24) is 0 Å². The van der Waals surface area contributed by atoms with Crippen molar-refractivity contribution in [2.75, 3.05) is 23.4 Å². The van der Waals surface area contributed by atoms with Crippen LogP contribution in [0.3, 0.4) is 0 Å². The van der Waals surface area contributed by atoms with Crippen LogP contribution in [0.5, 0.6) is 0 Å². The van der Waals surface area contributed by atoms with Crippen LogP contribution in [0.25, 0.3) is 10.8 Å². The zero-order valence-electron chi connectivity index (χ0n) is 23.7. The first kappa shape index (κ1) is 29.0. The predicted molar refractivity (Wildman–Crippen MR) is 172 cm³/mol. The lowest BCUT2D eigenvalue weighted by Crippen LogP contribution is -2.36. The molecule has 1 N–H and O–H groups in total. The maximum Gasteiger partial charge on any atom is 0.326 e. The molecule has 5 aromatic carbocycles. The highest BCUT2D eigenvalue weighted by Crippen LogP contribution is 2.30. The molecule has 0 atom stereocenters. The smallest absolute Gasteiger partial charge is 0.326 e. The first-order valence-corrected chi connectivity index (χ1v) is 15.0. The summed E-state index contributed by atoms with van der Waals surface area (Å²) in [4.78, 5) is 29.3. The summed E-state index contributed by atoms with van der Waals surface area (Å²) in [5, 5.41) is 5.33. The van der Waals surface area contributed by atoms with Crippen molar-refractivity contribution in [1.29, 1.82) is 0 Å². The summed E-state index contributed by atoms with van der Waals surface area (Å²) in [5.74, 6) is -0.216. The molecular weight excluding hydrogens is 540 g/mol. The number of nitrogens with one attached hydrogen (secondary N) is 1. The maximum absolute atomic E-state index is 13.6. The topological polar surface area (TPSA) is 58.6 Å². The fourth-order valence-corrected chi connectivity index (χ4v) is 5.59. The van der Waals surface area contributed by atoms with Gasteiger partial charge < -0.3 is 10.1 Å². The molecule has 42 heavy (non-hydrogen) atoms. The molecule has 5 rings (SSSR count). The van der Waals surface area contributed by atoms with Gasteiger partial charge in [0.25, 0.3) is 0 Å². The van der Waals surface area contributed by atoms with E-state index < -0.39 is 0 Å². The molecule has 0 saturated heterocycles. The summed E-state index contributed by atoms with van der Waals surface area (Å²) < 4.78 is 5.04. The molecule has 0 aliphatic rings. The summed E-state index contributed by atoms with van der Waals surface area (Å²) >= 11 is 1.64. The number of nitrogens with zero attached hydrogens (tertiary/aromatic N) is 1. The van der Waals surface area contributed by atoms with E-state index in [9.17, 15) is 9.59 Å². The average Bonchev–Trinajstić information content (AvgIpc) is 3.01. The number of rotatable bonds is 11. The van der Waals surface area contributed by atoms with Crippen LogP contribution in [-0.2, 0) is 22.4 Å². The quantitative estimate of drug-likeness (QED) is 0.160. The number of urea groups is 1. The molecule has 6 heteroatoms. The number of benzene rings is 5. The molecule has 0 bridgehead atoms. The Bertz CT molecular complexity index is 1620. The van der Waals surface area contributed by atoms with Gasteiger partial charge in [-0.3, -0.25) is 9.69 Å². The van der Waals surface area contributed by atoms with Crippen LogP contribution in [-0.4, -0.2) is 25.2 Å². The number of hydrogen-bond acceptors (Lipinski definition) is 4. The van der Waals surface area contributed by atoms with Gasteiger partial charge in [-0.15, -0.1) is 0 Å². The molecule has 5 aromatic rings. The number of carbonyl (C=O) groups is 2. The van der Waals surface area contributed by atoms with Crippen molar-refractivity contribution in [3.63, 3.8) is 0 Å². The van der Waals surface area contributed by atoms with Gasteiger partial charge in [0.15, 0.2) is 0 Å². The van der Waals surface area contributed by atoms with Gasteiger partial charge in [-0.25, -0.2) is 4.79 Å². The Balaban J connectivity index is 1.28. The normalized spacial score (nSPS) is 10.8. The van der Waals surface area contributed by atoms with E-state index in [0.717, 1.165) is 50.3 Å². The number of carbonyl (C=O) groups excluding carboxylic acids is 2. The Kier molecular flexibility index (Phi) is 9.91. The molecule has 0 aromatic heterocycles. The van der Waals surface area contributed by atoms with Crippen LogP contribution in [0, 0.1) is 0 Å². The average molecular weight is 575 g/mol. The minimum atomic E-state index is -0.216. The standard InChI is InChI=1S/C36H34N2O3S/c1-2-41-35(39)25-28-14-20-33(21-15-28)42-34-22-18-32(19-23-34)38(24-8-11-27-9-4-3-5-10-27)36(40)37-31-17-16-29-12-6-7-13-30(29)26-31/h3-7,9-10,12-23,26H,2,8,11,24-25H2,1H3,(H,37,40). The molecule has 0 spiro atoms. The first-order chi connectivity index (χ1) is 20.6.